The van der Waals surface area contributed by atoms with Crippen molar-refractivity contribution in [2.75, 3.05) is 13.2 Å². The summed E-state index contributed by atoms with van der Waals surface area (Å²) in [6.45, 7) is 13.3. The van der Waals surface area contributed by atoms with Crippen LogP contribution >= 0.6 is 19.9 Å². The number of halogens is 1. The van der Waals surface area contributed by atoms with Gasteiger partial charge in [0.15, 0.2) is 0 Å². The van der Waals surface area contributed by atoms with Crippen LogP contribution in [0.2, 0.25) is 0 Å². The summed E-state index contributed by atoms with van der Waals surface area (Å²) in [7, 11) is -0.452. The van der Waals surface area contributed by atoms with Crippen LogP contribution < -0.4 is 5.09 Å². The highest BCUT2D eigenvalue weighted by Crippen LogP contribution is 2.49. The Kier molecular flexibility index (Phi) is 11.4. The molecular formula is C20H41ClNOP. The van der Waals surface area contributed by atoms with Crippen LogP contribution in [0, 0.1) is 11.3 Å². The lowest BCUT2D eigenvalue weighted by Gasteiger charge is -2.36. The van der Waals surface area contributed by atoms with Crippen LogP contribution in [0.4, 0.5) is 0 Å². The van der Waals surface area contributed by atoms with Gasteiger partial charge in [-0.25, -0.2) is 0 Å². The van der Waals surface area contributed by atoms with Crippen molar-refractivity contribution in [1.29, 1.82) is 0 Å². The Balaban J connectivity index is 2.45. The molecule has 4 unspecified atom stereocenters. The van der Waals surface area contributed by atoms with E-state index in [1.165, 1.54) is 57.8 Å². The highest BCUT2D eigenvalue weighted by atomic mass is 35.5. The maximum absolute atomic E-state index is 6.56. The molecule has 0 saturated carbocycles. The zero-order valence-corrected chi connectivity index (χ0v) is 18.4. The molecule has 24 heavy (non-hydrogen) atoms. The van der Waals surface area contributed by atoms with Crippen molar-refractivity contribution in [2.45, 2.75) is 103 Å². The Morgan fingerprint density at radius 2 is 1.71 bits per heavy atom. The van der Waals surface area contributed by atoms with E-state index in [-0.39, 0.29) is 10.8 Å². The Bertz CT molecular complexity index is 313. The highest BCUT2D eigenvalue weighted by Gasteiger charge is 2.35. The molecule has 0 amide bonds. The fourth-order valence-corrected chi connectivity index (χ4v) is 6.25. The monoisotopic (exact) mass is 377 g/mol. The Morgan fingerprint density at radius 3 is 2.21 bits per heavy atom. The predicted octanol–water partition coefficient (Wildman–Crippen LogP) is 7.11. The highest BCUT2D eigenvalue weighted by molar-refractivity contribution is 7.51. The molecule has 1 N–H and O–H groups in total. The predicted molar refractivity (Wildman–Crippen MR) is 110 cm³/mol. The van der Waals surface area contributed by atoms with Gasteiger partial charge in [-0.3, -0.25) is 5.09 Å². The average Bonchev–Trinajstić information content (AvgIpc) is 3.01. The van der Waals surface area contributed by atoms with E-state index in [9.17, 15) is 0 Å². The smallest absolute Gasteiger partial charge is 0.104 e. The van der Waals surface area contributed by atoms with Gasteiger partial charge in [0.05, 0.1) is 6.61 Å². The van der Waals surface area contributed by atoms with Gasteiger partial charge in [0.25, 0.3) is 0 Å². The summed E-state index contributed by atoms with van der Waals surface area (Å²) in [4.78, 5) is 0. The Morgan fingerprint density at radius 1 is 1.08 bits per heavy atom. The van der Waals surface area contributed by atoms with Crippen LogP contribution in [-0.2, 0) is 4.52 Å². The van der Waals surface area contributed by atoms with Gasteiger partial charge in [-0.15, -0.1) is 11.6 Å². The van der Waals surface area contributed by atoms with E-state index in [0.717, 1.165) is 13.2 Å². The topological polar surface area (TPSA) is 21.3 Å². The molecule has 4 atom stereocenters. The lowest BCUT2D eigenvalue weighted by molar-refractivity contribution is 0.216. The molecule has 0 aromatic rings. The molecule has 1 fully saturated rings. The Labute approximate surface area is 157 Å². The number of nitrogens with one attached hydrogen (secondary N) is 1. The summed E-state index contributed by atoms with van der Waals surface area (Å²) in [5.41, 5.74) is 0.915. The van der Waals surface area contributed by atoms with E-state index in [2.05, 4.69) is 39.7 Å². The SMILES string of the molecule is CCCCCCCCCC(CC(C(C)Cl)C(C)(C)C)P1NCCO1. The second kappa shape index (κ2) is 12.1. The van der Waals surface area contributed by atoms with Gasteiger partial charge in [-0.1, -0.05) is 72.6 Å². The van der Waals surface area contributed by atoms with Gasteiger partial charge in [-0.05, 0) is 31.1 Å². The number of hydrogen-bond acceptors (Lipinski definition) is 2. The third kappa shape index (κ3) is 8.84. The zero-order chi connectivity index (χ0) is 18.0. The van der Waals surface area contributed by atoms with Gasteiger partial charge in [0.2, 0.25) is 0 Å². The average molecular weight is 378 g/mol. The second-order valence-electron chi connectivity index (χ2n) is 8.52. The fraction of sp³-hybridized carbons (Fsp3) is 1.00. The van der Waals surface area contributed by atoms with Gasteiger partial charge in [0, 0.05) is 17.6 Å². The summed E-state index contributed by atoms with van der Waals surface area (Å²) in [5.74, 6) is 0.544. The van der Waals surface area contributed by atoms with Crippen LogP contribution in [0.25, 0.3) is 0 Å². The molecule has 0 aromatic heterocycles. The van der Waals surface area contributed by atoms with Gasteiger partial charge < -0.3 is 4.52 Å². The van der Waals surface area contributed by atoms with Gasteiger partial charge >= 0.3 is 0 Å². The zero-order valence-electron chi connectivity index (χ0n) is 16.7. The van der Waals surface area contributed by atoms with E-state index in [0.29, 0.717) is 11.6 Å². The number of unbranched alkanes of at least 4 members (excludes halogenated alkanes) is 6. The molecule has 144 valence electrons. The third-order valence-electron chi connectivity index (χ3n) is 5.27. The van der Waals surface area contributed by atoms with Gasteiger partial charge in [-0.2, -0.15) is 0 Å². The second-order valence-corrected chi connectivity index (χ2v) is 11.2. The van der Waals surface area contributed by atoms with E-state index < -0.39 is 8.30 Å². The van der Waals surface area contributed by atoms with Crippen LogP contribution in [-0.4, -0.2) is 24.2 Å². The van der Waals surface area contributed by atoms with E-state index in [1.54, 1.807) is 0 Å². The molecule has 0 aliphatic carbocycles. The molecule has 1 aliphatic heterocycles. The molecule has 1 rings (SSSR count). The van der Waals surface area contributed by atoms with Crippen molar-refractivity contribution in [3.63, 3.8) is 0 Å². The number of rotatable bonds is 12. The summed E-state index contributed by atoms with van der Waals surface area (Å²) in [6, 6.07) is 0. The lowest BCUT2D eigenvalue weighted by Crippen LogP contribution is -2.31. The minimum atomic E-state index is -0.452. The molecule has 2 nitrogen and oxygen atoms in total. The molecule has 0 aromatic carbocycles. The van der Waals surface area contributed by atoms with Crippen molar-refractivity contribution in [3.8, 4) is 0 Å². The molecule has 0 bridgehead atoms. The van der Waals surface area contributed by atoms with Crippen LogP contribution in [0.3, 0.4) is 0 Å². The minimum absolute atomic E-state index is 0.221. The van der Waals surface area contributed by atoms with Crippen molar-refractivity contribution in [2.24, 2.45) is 11.3 Å². The summed E-state index contributed by atoms with van der Waals surface area (Å²) < 4.78 is 6.03. The molecule has 0 radical (unpaired) electrons. The van der Waals surface area contributed by atoms with Crippen molar-refractivity contribution in [1.82, 2.24) is 5.09 Å². The standard InChI is InChI=1S/C20H41ClNOP/c1-6-7-8-9-10-11-12-13-18(24-22-14-15-23-24)16-19(17(2)21)20(3,4)5/h17-19,22H,6-16H2,1-5H3. The molecule has 4 heteroatoms. The Hall–Kier alpha value is 0.640. The normalized spacial score (nSPS) is 22.5. The molecular weight excluding hydrogens is 337 g/mol. The first kappa shape index (κ1) is 22.7. The van der Waals surface area contributed by atoms with Crippen LogP contribution in [0.1, 0.15) is 92.4 Å². The number of alkyl halides is 1. The molecule has 1 saturated heterocycles. The first-order valence-corrected chi connectivity index (χ1v) is 11.9. The quantitative estimate of drug-likeness (QED) is 0.222. The fourth-order valence-electron chi connectivity index (χ4n) is 3.77. The van der Waals surface area contributed by atoms with E-state index >= 15 is 0 Å². The van der Waals surface area contributed by atoms with Gasteiger partial charge in [0.1, 0.15) is 8.30 Å². The van der Waals surface area contributed by atoms with E-state index in [1.807, 2.05) is 0 Å². The third-order valence-corrected chi connectivity index (χ3v) is 7.70. The van der Waals surface area contributed by atoms with Crippen molar-refractivity contribution < 1.29 is 4.52 Å². The van der Waals surface area contributed by atoms with Crippen LogP contribution in [0.15, 0.2) is 0 Å². The lowest BCUT2D eigenvalue weighted by atomic mass is 9.76. The summed E-state index contributed by atoms with van der Waals surface area (Å²) in [5, 5.41) is 3.84. The molecule has 1 heterocycles. The summed E-state index contributed by atoms with van der Waals surface area (Å²) >= 11 is 6.56. The first-order valence-electron chi connectivity index (χ1n) is 10.2. The number of hydrogen-bond donors (Lipinski definition) is 1. The van der Waals surface area contributed by atoms with Crippen molar-refractivity contribution in [3.05, 3.63) is 0 Å². The van der Waals surface area contributed by atoms with E-state index in [4.69, 9.17) is 16.1 Å². The van der Waals surface area contributed by atoms with Crippen molar-refractivity contribution >= 4 is 19.9 Å². The minimum Gasteiger partial charge on any atom is -0.342 e. The maximum Gasteiger partial charge on any atom is 0.104 e. The summed E-state index contributed by atoms with van der Waals surface area (Å²) in [6.07, 6.45) is 12.2. The maximum atomic E-state index is 6.56. The van der Waals surface area contributed by atoms with Crippen LogP contribution in [0.5, 0.6) is 0 Å². The first-order chi connectivity index (χ1) is 11.4. The molecule has 0 spiro atoms. The largest absolute Gasteiger partial charge is 0.342 e. The molecule has 1 aliphatic rings.